The zero-order valence-corrected chi connectivity index (χ0v) is 22.8. The van der Waals surface area contributed by atoms with Crippen molar-refractivity contribution in [3.8, 4) is 5.75 Å². The summed E-state index contributed by atoms with van der Waals surface area (Å²) in [5.74, 6) is -0.0130. The predicted octanol–water partition coefficient (Wildman–Crippen LogP) is 3.90. The van der Waals surface area contributed by atoms with E-state index in [4.69, 9.17) is 21.1 Å². The second-order valence-corrected chi connectivity index (χ2v) is 11.0. The Balaban J connectivity index is 1.56. The minimum absolute atomic E-state index is 0.128. The van der Waals surface area contributed by atoms with Gasteiger partial charge in [-0.25, -0.2) is 9.80 Å². The number of halogens is 1. The van der Waals surface area contributed by atoms with E-state index in [1.54, 1.807) is 57.0 Å². The number of piperidine rings is 1. The van der Waals surface area contributed by atoms with Gasteiger partial charge >= 0.3 is 6.09 Å². The summed E-state index contributed by atoms with van der Waals surface area (Å²) in [4.78, 5) is 41.5. The first-order valence-electron chi connectivity index (χ1n) is 12.5. The van der Waals surface area contributed by atoms with E-state index in [0.29, 0.717) is 30.2 Å². The number of hydrogen-bond donors (Lipinski definition) is 1. The van der Waals surface area contributed by atoms with Crippen LogP contribution in [0.1, 0.15) is 32.8 Å². The summed E-state index contributed by atoms with van der Waals surface area (Å²) in [7, 11) is 1.64. The smallest absolute Gasteiger partial charge is 0.408 e. The highest BCUT2D eigenvalue weighted by Crippen LogP contribution is 2.38. The maximum atomic E-state index is 13.8. The monoisotopic (exact) mass is 540 g/mol. The summed E-state index contributed by atoms with van der Waals surface area (Å²) in [6.45, 7) is 5.62. The number of fused-ring (bicyclic) bond motifs is 1. The van der Waals surface area contributed by atoms with Gasteiger partial charge in [-0.1, -0.05) is 41.9 Å². The Morgan fingerprint density at radius 1 is 1.13 bits per heavy atom. The van der Waals surface area contributed by atoms with Crippen LogP contribution in [0.15, 0.2) is 59.7 Å². The molecule has 3 amide bonds. The molecule has 2 heterocycles. The van der Waals surface area contributed by atoms with Crippen LogP contribution < -0.4 is 10.1 Å². The van der Waals surface area contributed by atoms with Crippen LogP contribution in [0, 0.1) is 5.41 Å². The average molecular weight is 541 g/mol. The molecule has 202 valence electrons. The Morgan fingerprint density at radius 3 is 2.47 bits per heavy atom. The van der Waals surface area contributed by atoms with Gasteiger partial charge in [0, 0.05) is 31.6 Å². The maximum Gasteiger partial charge on any atom is 0.408 e. The normalized spacial score (nSPS) is 19.9. The SMILES string of the molecule is CN1N=C2CCN(C(=O)[C@@H](COc3ccc(Cl)cc3)NC(=O)OC(C)(C)C)C[C@@]2(Cc2ccccc2)C1=O. The van der Waals surface area contributed by atoms with Crippen molar-refractivity contribution in [2.75, 3.05) is 26.7 Å². The Morgan fingerprint density at radius 2 is 1.82 bits per heavy atom. The van der Waals surface area contributed by atoms with Gasteiger partial charge in [0.05, 0.1) is 5.71 Å². The summed E-state index contributed by atoms with van der Waals surface area (Å²) in [5, 5.41) is 9.09. The van der Waals surface area contributed by atoms with Crippen LogP contribution in [0.25, 0.3) is 0 Å². The third-order valence-electron chi connectivity index (χ3n) is 6.49. The number of hydrazone groups is 1. The fourth-order valence-corrected chi connectivity index (χ4v) is 4.90. The van der Waals surface area contributed by atoms with E-state index in [-0.39, 0.29) is 25.0 Å². The van der Waals surface area contributed by atoms with E-state index in [2.05, 4.69) is 10.4 Å². The van der Waals surface area contributed by atoms with Crippen molar-refractivity contribution < 1.29 is 23.9 Å². The molecule has 0 unspecified atom stereocenters. The summed E-state index contributed by atoms with van der Waals surface area (Å²) >= 11 is 5.96. The van der Waals surface area contributed by atoms with E-state index >= 15 is 0 Å². The molecule has 9 nitrogen and oxygen atoms in total. The first kappa shape index (κ1) is 27.4. The highest BCUT2D eigenvalue weighted by atomic mass is 35.5. The van der Waals surface area contributed by atoms with Crippen LogP contribution in [0.4, 0.5) is 4.79 Å². The molecule has 0 aliphatic carbocycles. The maximum absolute atomic E-state index is 13.8. The van der Waals surface area contributed by atoms with Crippen LogP contribution in [-0.2, 0) is 20.7 Å². The summed E-state index contributed by atoms with van der Waals surface area (Å²) in [6, 6.07) is 15.4. The molecule has 2 aromatic carbocycles. The number of nitrogens with one attached hydrogen (secondary N) is 1. The summed E-state index contributed by atoms with van der Waals surface area (Å²) < 4.78 is 11.2. The molecule has 0 bridgehead atoms. The van der Waals surface area contributed by atoms with Gasteiger partial charge in [-0.15, -0.1) is 0 Å². The molecule has 0 aromatic heterocycles. The fourth-order valence-electron chi connectivity index (χ4n) is 4.77. The first-order valence-corrected chi connectivity index (χ1v) is 12.9. The highest BCUT2D eigenvalue weighted by Gasteiger charge is 2.54. The Bertz CT molecular complexity index is 1210. The van der Waals surface area contributed by atoms with Gasteiger partial charge in [0.2, 0.25) is 5.91 Å². The number of benzene rings is 2. The Kier molecular flexibility index (Phi) is 7.97. The van der Waals surface area contributed by atoms with Crippen molar-refractivity contribution in [2.24, 2.45) is 10.5 Å². The van der Waals surface area contributed by atoms with Crippen molar-refractivity contribution in [2.45, 2.75) is 45.3 Å². The molecule has 4 rings (SSSR count). The molecule has 2 aliphatic rings. The van der Waals surface area contributed by atoms with Gasteiger partial charge in [0.15, 0.2) is 0 Å². The quantitative estimate of drug-likeness (QED) is 0.574. The van der Waals surface area contributed by atoms with E-state index < -0.39 is 23.2 Å². The highest BCUT2D eigenvalue weighted by molar-refractivity contribution is 6.30. The molecule has 10 heteroatoms. The zero-order valence-electron chi connectivity index (χ0n) is 22.1. The Labute approximate surface area is 227 Å². The second-order valence-electron chi connectivity index (χ2n) is 10.6. The van der Waals surface area contributed by atoms with E-state index in [1.165, 1.54) is 5.01 Å². The lowest BCUT2D eigenvalue weighted by Gasteiger charge is -2.40. The number of carbonyl (C=O) groups excluding carboxylic acids is 3. The standard InChI is InChI=1S/C28H33ClN4O5/c1-27(2,3)38-26(36)30-22(17-37-21-12-10-20(29)11-13-21)24(34)33-15-14-23-28(18-33,25(35)32(4)31-23)16-19-8-6-5-7-9-19/h5-13,22H,14-18H2,1-4H3,(H,30,36)/t22-,28-/m1/s1. The van der Waals surface area contributed by atoms with Crippen molar-refractivity contribution >= 4 is 35.2 Å². The van der Waals surface area contributed by atoms with Gasteiger partial charge in [0.25, 0.3) is 5.91 Å². The number of hydrogen-bond acceptors (Lipinski definition) is 6. The number of alkyl carbamates (subject to hydrolysis) is 1. The van der Waals surface area contributed by atoms with E-state index in [1.807, 2.05) is 30.3 Å². The Hall–Kier alpha value is -3.59. The molecule has 0 radical (unpaired) electrons. The second kappa shape index (κ2) is 11.0. The average Bonchev–Trinajstić information content (AvgIpc) is 3.10. The van der Waals surface area contributed by atoms with Crippen molar-refractivity contribution in [1.29, 1.82) is 0 Å². The first-order chi connectivity index (χ1) is 18.0. The molecular weight excluding hydrogens is 508 g/mol. The minimum atomic E-state index is -1.04. The molecule has 38 heavy (non-hydrogen) atoms. The number of likely N-dealkylation sites (tertiary alicyclic amines) is 1. The summed E-state index contributed by atoms with van der Waals surface area (Å²) in [6.07, 6.45) is 0.141. The lowest BCUT2D eigenvalue weighted by molar-refractivity contribution is -0.141. The van der Waals surface area contributed by atoms with Crippen molar-refractivity contribution in [3.63, 3.8) is 0 Å². The fraction of sp³-hybridized carbons (Fsp3) is 0.429. The zero-order chi connectivity index (χ0) is 27.5. The van der Waals surface area contributed by atoms with Crippen molar-refractivity contribution in [1.82, 2.24) is 15.2 Å². The number of nitrogens with zero attached hydrogens (tertiary/aromatic N) is 3. The molecular formula is C28H33ClN4O5. The molecule has 0 saturated carbocycles. The number of amides is 3. The number of ether oxygens (including phenoxy) is 2. The van der Waals surface area contributed by atoms with Gasteiger partial charge < -0.3 is 19.7 Å². The van der Waals surface area contributed by atoms with Gasteiger partial charge in [-0.05, 0) is 57.0 Å². The van der Waals surface area contributed by atoms with Crippen LogP contribution in [0.3, 0.4) is 0 Å². The molecule has 2 aromatic rings. The van der Waals surface area contributed by atoms with Crippen LogP contribution >= 0.6 is 11.6 Å². The number of rotatable bonds is 7. The topological polar surface area (TPSA) is 101 Å². The molecule has 0 spiro atoms. The van der Waals surface area contributed by atoms with Gasteiger partial charge in [-0.3, -0.25) is 9.59 Å². The van der Waals surface area contributed by atoms with Crippen LogP contribution in [-0.4, -0.2) is 71.9 Å². The lowest BCUT2D eigenvalue weighted by atomic mass is 9.73. The number of carbonyl (C=O) groups is 3. The van der Waals surface area contributed by atoms with Gasteiger partial charge in [0.1, 0.15) is 29.4 Å². The third-order valence-corrected chi connectivity index (χ3v) is 6.74. The van der Waals surface area contributed by atoms with Crippen LogP contribution in [0.2, 0.25) is 5.02 Å². The van der Waals surface area contributed by atoms with Crippen molar-refractivity contribution in [3.05, 3.63) is 65.2 Å². The minimum Gasteiger partial charge on any atom is -0.491 e. The molecule has 1 fully saturated rings. The van der Waals surface area contributed by atoms with Gasteiger partial charge in [-0.2, -0.15) is 5.10 Å². The van der Waals surface area contributed by atoms with Crippen LogP contribution in [0.5, 0.6) is 5.75 Å². The largest absolute Gasteiger partial charge is 0.491 e. The lowest BCUT2D eigenvalue weighted by Crippen LogP contribution is -2.60. The summed E-state index contributed by atoms with van der Waals surface area (Å²) in [5.41, 5.74) is 0.0446. The molecule has 1 saturated heterocycles. The molecule has 2 atom stereocenters. The van der Waals surface area contributed by atoms with E-state index in [0.717, 1.165) is 11.3 Å². The van der Waals surface area contributed by atoms with E-state index in [9.17, 15) is 14.4 Å². The predicted molar refractivity (Wildman–Crippen MR) is 144 cm³/mol. The molecule has 1 N–H and O–H groups in total. The molecule has 2 aliphatic heterocycles. The third kappa shape index (κ3) is 6.27.